The zero-order valence-corrected chi connectivity index (χ0v) is 14.8. The second-order valence-electron chi connectivity index (χ2n) is 5.89. The molecule has 3 N–H and O–H groups in total. The van der Waals surface area contributed by atoms with Crippen LogP contribution in [0.1, 0.15) is 37.0 Å². The zero-order valence-electron chi connectivity index (χ0n) is 12.4. The minimum absolute atomic E-state index is 0.463. The first-order valence-corrected chi connectivity index (χ1v) is 9.34. The molecule has 0 radical (unpaired) electrons. The molecule has 1 aliphatic heterocycles. The molecular weight excluding hydrogens is 348 g/mol. The number of nitrogens with zero attached hydrogens (tertiary/aromatic N) is 2. The van der Waals surface area contributed by atoms with E-state index in [1.807, 2.05) is 11.3 Å². The predicted molar refractivity (Wildman–Crippen MR) is 93.1 cm³/mol. The van der Waals surface area contributed by atoms with Crippen LogP contribution in [0.2, 0.25) is 0 Å². The highest BCUT2D eigenvalue weighted by atomic mass is 79.9. The molecular formula is C15H23BrN4S. The maximum Gasteiger partial charge on any atom is 0.188 e. The number of thiophene rings is 1. The molecule has 116 valence electrons. The predicted octanol–water partition coefficient (Wildman–Crippen LogP) is 2.76. The summed E-state index contributed by atoms with van der Waals surface area (Å²) in [6, 6.07) is 5.36. The molecule has 1 aromatic heterocycles. The standard InChI is InChI=1S/C15H23BrN4S/c1-2-20-7-3-4-10(20)9-18-15(17)19-12-8-11(12)13-5-6-14(16)21-13/h5-6,10-12H,2-4,7-9H2,1H3,(H3,17,18,19)/t10?,11-,12-/m1/s1. The highest BCUT2D eigenvalue weighted by Gasteiger charge is 2.39. The van der Waals surface area contributed by atoms with Crippen molar-refractivity contribution in [3.63, 3.8) is 0 Å². The molecule has 1 aromatic rings. The Labute approximate surface area is 138 Å². The van der Waals surface area contributed by atoms with Gasteiger partial charge in [0.1, 0.15) is 0 Å². The number of likely N-dealkylation sites (tertiary alicyclic amines) is 1. The molecule has 21 heavy (non-hydrogen) atoms. The van der Waals surface area contributed by atoms with Crippen LogP contribution in [0.5, 0.6) is 0 Å². The SMILES string of the molecule is CCN1CCCC1CN=C(N)N[C@@H]1C[C@H]1c1ccc(Br)s1. The number of guanidine groups is 1. The van der Waals surface area contributed by atoms with E-state index in [4.69, 9.17) is 5.73 Å². The summed E-state index contributed by atoms with van der Waals surface area (Å²) in [5.41, 5.74) is 6.04. The Kier molecular flexibility index (Phi) is 4.86. The van der Waals surface area contributed by atoms with Crippen molar-refractivity contribution in [1.29, 1.82) is 0 Å². The molecule has 0 spiro atoms. The topological polar surface area (TPSA) is 53.6 Å². The minimum atomic E-state index is 0.463. The van der Waals surface area contributed by atoms with Gasteiger partial charge in [0.05, 0.1) is 10.3 Å². The van der Waals surface area contributed by atoms with E-state index in [2.05, 4.69) is 50.2 Å². The summed E-state index contributed by atoms with van der Waals surface area (Å²) in [7, 11) is 0. The Morgan fingerprint density at radius 3 is 3.14 bits per heavy atom. The van der Waals surface area contributed by atoms with E-state index < -0.39 is 0 Å². The Balaban J connectivity index is 1.46. The average molecular weight is 371 g/mol. The molecule has 2 heterocycles. The van der Waals surface area contributed by atoms with E-state index in [0.717, 1.165) is 19.5 Å². The van der Waals surface area contributed by atoms with Gasteiger partial charge in [-0.2, -0.15) is 0 Å². The summed E-state index contributed by atoms with van der Waals surface area (Å²) in [6.07, 6.45) is 3.70. The van der Waals surface area contributed by atoms with E-state index >= 15 is 0 Å². The molecule has 0 amide bonds. The largest absolute Gasteiger partial charge is 0.370 e. The zero-order chi connectivity index (χ0) is 14.8. The monoisotopic (exact) mass is 370 g/mol. The Morgan fingerprint density at radius 1 is 1.57 bits per heavy atom. The number of aliphatic imine (C=N–C) groups is 1. The summed E-state index contributed by atoms with van der Waals surface area (Å²) in [5.74, 6) is 1.22. The van der Waals surface area contributed by atoms with Crippen LogP contribution in [0.25, 0.3) is 0 Å². The van der Waals surface area contributed by atoms with Crippen LogP contribution >= 0.6 is 27.3 Å². The van der Waals surface area contributed by atoms with Crippen molar-refractivity contribution >= 4 is 33.2 Å². The van der Waals surface area contributed by atoms with Crippen LogP contribution in [-0.4, -0.2) is 42.6 Å². The van der Waals surface area contributed by atoms with E-state index in [1.54, 1.807) is 0 Å². The van der Waals surface area contributed by atoms with Gasteiger partial charge < -0.3 is 11.1 Å². The second kappa shape index (κ2) is 6.67. The molecule has 1 unspecified atom stereocenters. The van der Waals surface area contributed by atoms with Gasteiger partial charge in [-0.25, -0.2) is 0 Å². The quantitative estimate of drug-likeness (QED) is 0.618. The lowest BCUT2D eigenvalue weighted by molar-refractivity contribution is 0.273. The van der Waals surface area contributed by atoms with Crippen molar-refractivity contribution in [2.75, 3.05) is 19.6 Å². The number of nitrogens with one attached hydrogen (secondary N) is 1. The molecule has 1 saturated heterocycles. The van der Waals surface area contributed by atoms with Crippen LogP contribution in [-0.2, 0) is 0 Å². The first-order chi connectivity index (χ1) is 10.2. The highest BCUT2D eigenvalue weighted by Crippen LogP contribution is 2.44. The fourth-order valence-electron chi connectivity index (χ4n) is 3.15. The molecule has 4 nitrogen and oxygen atoms in total. The van der Waals surface area contributed by atoms with E-state index in [9.17, 15) is 0 Å². The summed E-state index contributed by atoms with van der Waals surface area (Å²) in [6.45, 7) is 5.37. The number of likely N-dealkylation sites (N-methyl/N-ethyl adjacent to an activating group) is 1. The van der Waals surface area contributed by atoms with Gasteiger partial charge in [0, 0.05) is 22.9 Å². The normalized spacial score (nSPS) is 29.8. The third-order valence-electron chi connectivity index (χ3n) is 4.46. The summed E-state index contributed by atoms with van der Waals surface area (Å²) >= 11 is 5.33. The van der Waals surface area contributed by atoms with Crippen LogP contribution in [0.4, 0.5) is 0 Å². The number of halogens is 1. The van der Waals surface area contributed by atoms with Crippen LogP contribution in [0.3, 0.4) is 0 Å². The van der Waals surface area contributed by atoms with Gasteiger partial charge in [-0.3, -0.25) is 9.89 Å². The number of hydrogen-bond donors (Lipinski definition) is 2. The average Bonchev–Trinajstić information content (AvgIpc) is 2.88. The van der Waals surface area contributed by atoms with Crippen molar-refractivity contribution in [1.82, 2.24) is 10.2 Å². The fraction of sp³-hybridized carbons (Fsp3) is 0.667. The van der Waals surface area contributed by atoms with Crippen LogP contribution in [0, 0.1) is 0 Å². The molecule has 6 heteroatoms. The van der Waals surface area contributed by atoms with E-state index in [-0.39, 0.29) is 0 Å². The van der Waals surface area contributed by atoms with Gasteiger partial charge in [-0.05, 0) is 60.4 Å². The maximum atomic E-state index is 6.04. The molecule has 1 saturated carbocycles. The number of nitrogens with two attached hydrogens (primary N) is 1. The van der Waals surface area contributed by atoms with E-state index in [1.165, 1.54) is 28.0 Å². The molecule has 0 aromatic carbocycles. The molecule has 2 fully saturated rings. The second-order valence-corrected chi connectivity index (χ2v) is 8.38. The fourth-order valence-corrected chi connectivity index (χ4v) is 4.76. The van der Waals surface area contributed by atoms with Gasteiger partial charge >= 0.3 is 0 Å². The smallest absolute Gasteiger partial charge is 0.188 e. The van der Waals surface area contributed by atoms with Gasteiger partial charge in [-0.1, -0.05) is 6.92 Å². The van der Waals surface area contributed by atoms with Crippen molar-refractivity contribution < 1.29 is 0 Å². The van der Waals surface area contributed by atoms with Crippen LogP contribution in [0.15, 0.2) is 20.9 Å². The highest BCUT2D eigenvalue weighted by molar-refractivity contribution is 9.11. The van der Waals surface area contributed by atoms with Gasteiger partial charge in [0.2, 0.25) is 0 Å². The minimum Gasteiger partial charge on any atom is -0.370 e. The summed E-state index contributed by atoms with van der Waals surface area (Å²) in [4.78, 5) is 8.48. The lowest BCUT2D eigenvalue weighted by Gasteiger charge is -2.20. The Morgan fingerprint density at radius 2 is 2.43 bits per heavy atom. The van der Waals surface area contributed by atoms with Crippen LogP contribution < -0.4 is 11.1 Å². The van der Waals surface area contributed by atoms with Crippen molar-refractivity contribution in [3.05, 3.63) is 20.8 Å². The van der Waals surface area contributed by atoms with Crippen molar-refractivity contribution in [3.8, 4) is 0 Å². The first-order valence-electron chi connectivity index (χ1n) is 7.73. The van der Waals surface area contributed by atoms with Crippen molar-refractivity contribution in [2.24, 2.45) is 10.7 Å². The number of rotatable bonds is 5. The van der Waals surface area contributed by atoms with Gasteiger partial charge in [0.25, 0.3) is 0 Å². The first kappa shape index (κ1) is 15.3. The molecule has 2 aliphatic rings. The summed E-state index contributed by atoms with van der Waals surface area (Å²) in [5, 5.41) is 3.37. The van der Waals surface area contributed by atoms with E-state index in [0.29, 0.717) is 24.0 Å². The summed E-state index contributed by atoms with van der Waals surface area (Å²) < 4.78 is 1.20. The molecule has 1 aliphatic carbocycles. The lowest BCUT2D eigenvalue weighted by Crippen LogP contribution is -2.37. The van der Waals surface area contributed by atoms with Gasteiger partial charge in [-0.15, -0.1) is 11.3 Å². The third-order valence-corrected chi connectivity index (χ3v) is 6.22. The number of hydrogen-bond acceptors (Lipinski definition) is 3. The molecule has 3 rings (SSSR count). The molecule has 3 atom stereocenters. The Hall–Kier alpha value is -0.590. The van der Waals surface area contributed by atoms with Gasteiger partial charge in [0.15, 0.2) is 5.96 Å². The Bertz CT molecular complexity index is 516. The maximum absolute atomic E-state index is 6.04. The molecule has 0 bridgehead atoms. The third kappa shape index (κ3) is 3.79. The lowest BCUT2D eigenvalue weighted by atomic mass is 10.2. The van der Waals surface area contributed by atoms with Crippen molar-refractivity contribution in [2.45, 2.75) is 44.2 Å².